The Bertz CT molecular complexity index is 955. The Balaban J connectivity index is 1.81. The fourth-order valence-corrected chi connectivity index (χ4v) is 3.89. The van der Waals surface area contributed by atoms with Crippen molar-refractivity contribution in [3.63, 3.8) is 0 Å². The van der Waals surface area contributed by atoms with E-state index in [4.69, 9.17) is 0 Å². The van der Waals surface area contributed by atoms with Gasteiger partial charge in [0.2, 0.25) is 0 Å². The SMILES string of the molecule is Cc1nn(C)c(-n2cccn2)c1C(=O)N1CC(C(C)C)c2ccccc21. The number of anilines is 1. The van der Waals surface area contributed by atoms with Crippen LogP contribution in [-0.4, -0.2) is 32.0 Å². The lowest BCUT2D eigenvalue weighted by atomic mass is 9.90. The monoisotopic (exact) mass is 349 g/mol. The first-order valence-electron chi connectivity index (χ1n) is 8.93. The molecule has 2 aromatic heterocycles. The molecule has 1 amide bonds. The Morgan fingerprint density at radius 1 is 1.23 bits per heavy atom. The van der Waals surface area contributed by atoms with Crippen LogP contribution in [0.4, 0.5) is 5.69 Å². The summed E-state index contributed by atoms with van der Waals surface area (Å²) in [6, 6.07) is 10.1. The van der Waals surface area contributed by atoms with Gasteiger partial charge in [0.05, 0.1) is 5.69 Å². The van der Waals surface area contributed by atoms with Gasteiger partial charge in [0.15, 0.2) is 5.82 Å². The van der Waals surface area contributed by atoms with E-state index in [0.29, 0.717) is 35.5 Å². The van der Waals surface area contributed by atoms with Crippen molar-refractivity contribution in [1.29, 1.82) is 0 Å². The van der Waals surface area contributed by atoms with E-state index in [9.17, 15) is 4.79 Å². The lowest BCUT2D eigenvalue weighted by molar-refractivity contribution is 0.0986. The van der Waals surface area contributed by atoms with Crippen molar-refractivity contribution in [3.8, 4) is 5.82 Å². The highest BCUT2D eigenvalue weighted by molar-refractivity contribution is 6.10. The predicted molar refractivity (Wildman–Crippen MR) is 101 cm³/mol. The average molecular weight is 349 g/mol. The molecule has 0 saturated carbocycles. The Hall–Kier alpha value is -2.89. The molecule has 26 heavy (non-hydrogen) atoms. The third kappa shape index (κ3) is 2.44. The molecule has 6 nitrogen and oxygen atoms in total. The third-order valence-electron chi connectivity index (χ3n) is 5.18. The van der Waals surface area contributed by atoms with Crippen molar-refractivity contribution in [2.24, 2.45) is 13.0 Å². The van der Waals surface area contributed by atoms with Crippen molar-refractivity contribution in [1.82, 2.24) is 19.6 Å². The maximum atomic E-state index is 13.6. The second-order valence-electron chi connectivity index (χ2n) is 7.18. The highest BCUT2D eigenvalue weighted by Gasteiger charge is 2.36. The van der Waals surface area contributed by atoms with E-state index >= 15 is 0 Å². The smallest absolute Gasteiger partial charge is 0.264 e. The Morgan fingerprint density at radius 3 is 2.69 bits per heavy atom. The lowest BCUT2D eigenvalue weighted by Crippen LogP contribution is -2.31. The van der Waals surface area contributed by atoms with Crippen molar-refractivity contribution in [2.45, 2.75) is 26.7 Å². The molecule has 0 spiro atoms. The topological polar surface area (TPSA) is 56.0 Å². The number of rotatable bonds is 3. The van der Waals surface area contributed by atoms with Gasteiger partial charge in [-0.25, -0.2) is 9.36 Å². The highest BCUT2D eigenvalue weighted by Crippen LogP contribution is 2.41. The van der Waals surface area contributed by atoms with Crippen LogP contribution in [-0.2, 0) is 7.05 Å². The van der Waals surface area contributed by atoms with Gasteiger partial charge in [-0.2, -0.15) is 10.2 Å². The average Bonchev–Trinajstić information content (AvgIpc) is 3.31. The summed E-state index contributed by atoms with van der Waals surface area (Å²) >= 11 is 0. The third-order valence-corrected chi connectivity index (χ3v) is 5.18. The standard InChI is InChI=1S/C20H23N5O/c1-13(2)16-12-24(17-9-6-5-8-15(16)17)20(26)18-14(3)22-23(4)19(18)25-11-7-10-21-25/h5-11,13,16H,12H2,1-4H3. The quantitative estimate of drug-likeness (QED) is 0.729. The van der Waals surface area contributed by atoms with Crippen LogP contribution in [0.3, 0.4) is 0 Å². The van der Waals surface area contributed by atoms with E-state index in [2.05, 4.69) is 30.1 Å². The molecular weight excluding hydrogens is 326 g/mol. The number of hydrogen-bond acceptors (Lipinski definition) is 3. The lowest BCUT2D eigenvalue weighted by Gasteiger charge is -2.19. The van der Waals surface area contributed by atoms with Gasteiger partial charge in [-0.15, -0.1) is 0 Å². The number of amides is 1. The summed E-state index contributed by atoms with van der Waals surface area (Å²) in [7, 11) is 1.84. The normalized spacial score (nSPS) is 16.3. The molecule has 0 bridgehead atoms. The molecule has 1 aliphatic rings. The number of aryl methyl sites for hydroxylation is 2. The van der Waals surface area contributed by atoms with E-state index in [0.717, 1.165) is 5.69 Å². The summed E-state index contributed by atoms with van der Waals surface area (Å²) in [6.07, 6.45) is 3.54. The van der Waals surface area contributed by atoms with Crippen molar-refractivity contribution >= 4 is 11.6 Å². The highest BCUT2D eigenvalue weighted by atomic mass is 16.2. The zero-order chi connectivity index (χ0) is 18.4. The first-order valence-corrected chi connectivity index (χ1v) is 8.93. The van der Waals surface area contributed by atoms with E-state index in [1.54, 1.807) is 15.6 Å². The first-order chi connectivity index (χ1) is 12.5. The van der Waals surface area contributed by atoms with Crippen LogP contribution in [0.2, 0.25) is 0 Å². The van der Waals surface area contributed by atoms with Gasteiger partial charge in [0.25, 0.3) is 5.91 Å². The van der Waals surface area contributed by atoms with Crippen LogP contribution in [0.15, 0.2) is 42.7 Å². The number of nitrogens with zero attached hydrogens (tertiary/aromatic N) is 5. The summed E-state index contributed by atoms with van der Waals surface area (Å²) in [5.74, 6) is 1.49. The maximum absolute atomic E-state index is 13.6. The van der Waals surface area contributed by atoms with Gasteiger partial charge in [0.1, 0.15) is 5.56 Å². The zero-order valence-corrected chi connectivity index (χ0v) is 15.5. The van der Waals surface area contributed by atoms with Gasteiger partial charge >= 0.3 is 0 Å². The van der Waals surface area contributed by atoms with Crippen LogP contribution in [0.1, 0.15) is 41.4 Å². The Labute approximate surface area is 153 Å². The zero-order valence-electron chi connectivity index (χ0n) is 15.5. The number of aromatic nitrogens is 4. The number of hydrogen-bond donors (Lipinski definition) is 0. The minimum Gasteiger partial charge on any atom is -0.307 e. The summed E-state index contributed by atoms with van der Waals surface area (Å²) in [4.78, 5) is 15.5. The van der Waals surface area contributed by atoms with Crippen molar-refractivity contribution in [3.05, 3.63) is 59.5 Å². The van der Waals surface area contributed by atoms with Crippen LogP contribution in [0.5, 0.6) is 0 Å². The fraction of sp³-hybridized carbons (Fsp3) is 0.350. The van der Waals surface area contributed by atoms with Gasteiger partial charge < -0.3 is 4.90 Å². The van der Waals surface area contributed by atoms with E-state index in [-0.39, 0.29) is 5.91 Å². The van der Waals surface area contributed by atoms with E-state index < -0.39 is 0 Å². The Kier molecular flexibility index (Phi) is 3.90. The summed E-state index contributed by atoms with van der Waals surface area (Å²) < 4.78 is 3.42. The largest absolute Gasteiger partial charge is 0.307 e. The molecule has 4 rings (SSSR count). The molecule has 1 aliphatic heterocycles. The number of carbonyl (C=O) groups excluding carboxylic acids is 1. The molecule has 3 heterocycles. The minimum absolute atomic E-state index is 0.0169. The first kappa shape index (κ1) is 16.6. The maximum Gasteiger partial charge on any atom is 0.264 e. The van der Waals surface area contributed by atoms with E-state index in [1.807, 2.05) is 49.3 Å². The Morgan fingerprint density at radius 2 is 2.00 bits per heavy atom. The minimum atomic E-state index is -0.0169. The van der Waals surface area contributed by atoms with Gasteiger partial charge in [-0.3, -0.25) is 4.79 Å². The summed E-state index contributed by atoms with van der Waals surface area (Å²) in [6.45, 7) is 6.99. The predicted octanol–water partition coefficient (Wildman–Crippen LogP) is 3.31. The second-order valence-corrected chi connectivity index (χ2v) is 7.18. The summed E-state index contributed by atoms with van der Waals surface area (Å²) in [5.41, 5.74) is 3.58. The number of para-hydroxylation sites is 1. The molecule has 0 fully saturated rings. The number of benzene rings is 1. The van der Waals surface area contributed by atoms with Gasteiger partial charge in [-0.1, -0.05) is 32.0 Å². The molecule has 134 valence electrons. The molecule has 3 aromatic rings. The molecular formula is C20H23N5O. The summed E-state index contributed by atoms with van der Waals surface area (Å²) in [5, 5.41) is 8.78. The van der Waals surface area contributed by atoms with Crippen molar-refractivity contribution in [2.75, 3.05) is 11.4 Å². The van der Waals surface area contributed by atoms with Crippen LogP contribution >= 0.6 is 0 Å². The van der Waals surface area contributed by atoms with Crippen LogP contribution < -0.4 is 4.90 Å². The molecule has 6 heteroatoms. The second kappa shape index (κ2) is 6.12. The fourth-order valence-electron chi connectivity index (χ4n) is 3.89. The molecule has 1 atom stereocenters. The molecule has 1 unspecified atom stereocenters. The van der Waals surface area contributed by atoms with Gasteiger partial charge in [0, 0.05) is 37.6 Å². The van der Waals surface area contributed by atoms with Gasteiger partial charge in [-0.05, 0) is 30.5 Å². The molecule has 1 aromatic carbocycles. The van der Waals surface area contributed by atoms with Crippen molar-refractivity contribution < 1.29 is 4.79 Å². The number of fused-ring (bicyclic) bond motifs is 1. The molecule has 0 aliphatic carbocycles. The van der Waals surface area contributed by atoms with Crippen LogP contribution in [0, 0.1) is 12.8 Å². The molecule has 0 radical (unpaired) electrons. The van der Waals surface area contributed by atoms with Crippen LogP contribution in [0.25, 0.3) is 5.82 Å². The molecule has 0 N–H and O–H groups in total. The van der Waals surface area contributed by atoms with E-state index in [1.165, 1.54) is 5.56 Å². The molecule has 0 saturated heterocycles. The number of carbonyl (C=O) groups is 1.